The molecule has 2 aromatic carbocycles. The van der Waals surface area contributed by atoms with Gasteiger partial charge in [0, 0.05) is 106 Å². The van der Waals surface area contributed by atoms with Crippen LogP contribution in [0.15, 0.2) is 102 Å². The maximum absolute atomic E-state index is 14.2. The molecule has 0 spiro atoms. The van der Waals surface area contributed by atoms with Crippen LogP contribution in [0.1, 0.15) is 132 Å². The fourth-order valence-electron chi connectivity index (χ4n) is 13.3. The highest BCUT2D eigenvalue weighted by molar-refractivity contribution is 7.13. The number of nitrogen functional groups attached to an aromatic ring is 1. The van der Waals surface area contributed by atoms with Crippen LogP contribution in [0.25, 0.3) is 21.7 Å². The molecular weight excluding hydrogens is 1090 g/mol. The molecule has 0 radical (unpaired) electrons. The molecule has 5 aliphatic heterocycles. The van der Waals surface area contributed by atoms with Crippen LogP contribution in [0, 0.1) is 12.8 Å². The third kappa shape index (κ3) is 12.8. The Morgan fingerprint density at radius 1 is 0.824 bits per heavy atom. The number of aromatic nitrogens is 7. The Morgan fingerprint density at radius 3 is 2.29 bits per heavy atom. The van der Waals surface area contributed by atoms with E-state index in [9.17, 15) is 19.8 Å². The number of anilines is 4. The van der Waals surface area contributed by atoms with Crippen molar-refractivity contribution in [3.05, 3.63) is 120 Å². The van der Waals surface area contributed by atoms with Crippen LogP contribution in [-0.2, 0) is 16.1 Å². The molecule has 2 amide bonds. The zero-order valence-corrected chi connectivity index (χ0v) is 50.1. The summed E-state index contributed by atoms with van der Waals surface area (Å²) in [5.74, 6) is 1.88. The molecule has 5 saturated heterocycles. The van der Waals surface area contributed by atoms with Gasteiger partial charge in [-0.1, -0.05) is 55.4 Å². The van der Waals surface area contributed by atoms with Gasteiger partial charge in [-0.2, -0.15) is 0 Å². The van der Waals surface area contributed by atoms with Crippen LogP contribution in [0.4, 0.5) is 23.0 Å². The molecule has 5 aromatic heterocycles. The number of amides is 2. The van der Waals surface area contributed by atoms with Crippen molar-refractivity contribution in [2.75, 3.05) is 66.2 Å². The van der Waals surface area contributed by atoms with Crippen LogP contribution in [0.3, 0.4) is 0 Å². The minimum absolute atomic E-state index is 0.0339. The molecule has 13 rings (SSSR count). The normalized spacial score (nSPS) is 21.2. The minimum atomic E-state index is -0.528. The monoisotopic (exact) mass is 1170 g/mol. The summed E-state index contributed by atoms with van der Waals surface area (Å²) in [7, 11) is 0. The van der Waals surface area contributed by atoms with E-state index in [2.05, 4.69) is 90.3 Å². The van der Waals surface area contributed by atoms with Crippen molar-refractivity contribution in [1.82, 2.24) is 50.0 Å². The molecular formula is C64H80N14O6S. The second-order valence-electron chi connectivity index (χ2n) is 24.4. The molecule has 20 nitrogen and oxygen atoms in total. The first-order valence-electron chi connectivity index (χ1n) is 30.6. The van der Waals surface area contributed by atoms with Gasteiger partial charge >= 0.3 is 0 Å². The standard InChI is InChI=1S/C39H52N8O4S.C25H28N6O2/c1-25(2)36(39(50)47-15-5-6-33(47)38(49)42-26(3)28-7-9-29(10-8-28)37-27(4)41-24-52-37)34-20-35(43-51-34)45-18-11-31(12-19-45)46-22-30(40-23-46)21-44-16-13-32(48)14-17-44;26-25-22(13-21(28-29-25)20-6-1-2-7-23(20)32)30-14-17-8-9-18(15-30)31(17)16-10-11-27-24(12-16)33-19-4-3-5-19/h7-10,20,22-26,31-33,36,48H,5-6,11-19,21H2,1-4H3,(H,42,49);1-2,6-7,10-13,17-19,32H,3-5,8-9,14-15H2,(H2,26,29). The van der Waals surface area contributed by atoms with Gasteiger partial charge in [0.2, 0.25) is 17.7 Å². The van der Waals surface area contributed by atoms with E-state index in [0.717, 1.165) is 148 Å². The van der Waals surface area contributed by atoms with Gasteiger partial charge in [0.1, 0.15) is 23.8 Å². The number of pyridine rings is 1. The van der Waals surface area contributed by atoms with Crippen molar-refractivity contribution in [2.45, 2.75) is 153 Å². The molecule has 5 atom stereocenters. The quantitative estimate of drug-likeness (QED) is 0.0706. The van der Waals surface area contributed by atoms with Crippen molar-refractivity contribution in [3.8, 4) is 33.3 Å². The smallest absolute Gasteiger partial charge is 0.243 e. The maximum atomic E-state index is 14.2. The lowest BCUT2D eigenvalue weighted by Crippen LogP contribution is -2.54. The molecule has 2 bridgehead atoms. The topological polar surface area (TPSA) is 233 Å². The number of nitrogens with two attached hydrogens (primary N) is 1. The van der Waals surface area contributed by atoms with Crippen molar-refractivity contribution in [1.29, 1.82) is 0 Å². The molecule has 5 N–H and O–H groups in total. The second-order valence-corrected chi connectivity index (χ2v) is 25.2. The Kier molecular flexibility index (Phi) is 17.4. The number of piperazine rings is 1. The lowest BCUT2D eigenvalue weighted by atomic mass is 9.91. The number of aromatic hydroxyl groups is 1. The number of nitrogens with one attached hydrogen (secondary N) is 1. The number of fused-ring (bicyclic) bond motifs is 2. The first kappa shape index (κ1) is 57.8. The van der Waals surface area contributed by atoms with E-state index in [0.29, 0.717) is 60.0 Å². The highest BCUT2D eigenvalue weighted by atomic mass is 32.1. The fraction of sp³-hybridized carbons (Fsp3) is 0.500. The Balaban J connectivity index is 0.000000184. The van der Waals surface area contributed by atoms with Crippen LogP contribution >= 0.6 is 11.3 Å². The number of para-hydroxylation sites is 1. The van der Waals surface area contributed by atoms with E-state index in [1.165, 1.54) is 12.1 Å². The average molecular weight is 1170 g/mol. The minimum Gasteiger partial charge on any atom is -0.507 e. The number of hydrogen-bond donors (Lipinski definition) is 4. The number of phenolic OH excluding ortho intramolecular Hbond substituents is 1. The van der Waals surface area contributed by atoms with E-state index < -0.39 is 12.0 Å². The SMILES string of the molecule is Cc1ncsc1-c1ccc(C(C)NC(=O)C2CCCN2C(=O)C(c2cc(N3CCC(n4cnc(CN5CCC(O)CC5)c4)CC3)no2)C(C)C)cc1.Nc1nnc(-c2ccccc2O)cc1N1CC2CCC(C1)N2c1ccnc(OC2CCC2)c1. The van der Waals surface area contributed by atoms with Gasteiger partial charge in [0.25, 0.3) is 0 Å². The highest BCUT2D eigenvalue weighted by Crippen LogP contribution is 2.41. The number of carbonyl (C=O) groups excluding carboxylic acids is 2. The molecule has 1 aliphatic carbocycles. The molecule has 7 aromatic rings. The molecule has 21 heteroatoms. The zero-order chi connectivity index (χ0) is 58.7. The lowest BCUT2D eigenvalue weighted by molar-refractivity contribution is -0.141. The number of rotatable bonds is 16. The number of ether oxygens (including phenoxy) is 1. The summed E-state index contributed by atoms with van der Waals surface area (Å²) < 4.78 is 14.2. The Labute approximate surface area is 501 Å². The third-order valence-corrected chi connectivity index (χ3v) is 19.3. The van der Waals surface area contributed by atoms with E-state index >= 15 is 0 Å². The third-order valence-electron chi connectivity index (χ3n) is 18.3. The van der Waals surface area contributed by atoms with E-state index in [1.54, 1.807) is 28.4 Å². The fourth-order valence-corrected chi connectivity index (χ4v) is 14.1. The summed E-state index contributed by atoms with van der Waals surface area (Å²) in [6, 6.07) is 23.9. The van der Waals surface area contributed by atoms with E-state index in [1.807, 2.05) is 82.1 Å². The van der Waals surface area contributed by atoms with Crippen molar-refractivity contribution in [3.63, 3.8) is 0 Å². The number of aliphatic hydroxyl groups is 1. The molecule has 10 heterocycles. The predicted octanol–water partition coefficient (Wildman–Crippen LogP) is 9.32. The van der Waals surface area contributed by atoms with Crippen molar-refractivity contribution < 1.29 is 29.1 Å². The number of thiazole rings is 1. The molecule has 6 fully saturated rings. The maximum Gasteiger partial charge on any atom is 0.243 e. The van der Waals surface area contributed by atoms with Crippen LogP contribution < -0.4 is 30.5 Å². The van der Waals surface area contributed by atoms with Gasteiger partial charge in [-0.15, -0.1) is 21.5 Å². The van der Waals surface area contributed by atoms with E-state index in [4.69, 9.17) is 15.0 Å². The average Bonchev–Trinajstić information content (AvgIpc) is 3.64. The largest absolute Gasteiger partial charge is 0.507 e. The van der Waals surface area contributed by atoms with Crippen LogP contribution in [0.2, 0.25) is 0 Å². The summed E-state index contributed by atoms with van der Waals surface area (Å²) in [5.41, 5.74) is 15.7. The molecule has 6 aliphatic rings. The number of phenols is 1. The summed E-state index contributed by atoms with van der Waals surface area (Å²) in [4.78, 5) is 53.7. The zero-order valence-electron chi connectivity index (χ0n) is 49.2. The molecule has 448 valence electrons. The Morgan fingerprint density at radius 2 is 1.59 bits per heavy atom. The lowest BCUT2D eigenvalue weighted by Gasteiger charge is -2.43. The first-order chi connectivity index (χ1) is 41.3. The number of likely N-dealkylation sites (tertiary alicyclic amines) is 2. The van der Waals surface area contributed by atoms with Crippen molar-refractivity contribution >= 4 is 46.2 Å². The van der Waals surface area contributed by atoms with Gasteiger partial charge in [-0.05, 0) is 126 Å². The number of aryl methyl sites for hydroxylation is 1. The number of carbonyl (C=O) groups is 2. The summed E-state index contributed by atoms with van der Waals surface area (Å²) in [6.07, 6.45) is 16.9. The van der Waals surface area contributed by atoms with Gasteiger partial charge in [-0.25, -0.2) is 15.0 Å². The highest BCUT2D eigenvalue weighted by Gasteiger charge is 2.43. The van der Waals surface area contributed by atoms with Gasteiger partial charge in [-0.3, -0.25) is 14.5 Å². The summed E-state index contributed by atoms with van der Waals surface area (Å²) in [6.45, 7) is 14.6. The number of nitrogens with zero attached hydrogens (tertiary/aromatic N) is 12. The Bertz CT molecular complexity index is 3390. The van der Waals surface area contributed by atoms with Crippen LogP contribution in [0.5, 0.6) is 11.6 Å². The molecule has 1 saturated carbocycles. The first-order valence-corrected chi connectivity index (χ1v) is 31.5. The number of hydrogen-bond acceptors (Lipinski definition) is 18. The second kappa shape index (κ2) is 25.5. The molecule has 5 unspecified atom stereocenters. The van der Waals surface area contributed by atoms with Gasteiger partial charge in [0.05, 0.1) is 51.6 Å². The van der Waals surface area contributed by atoms with Gasteiger partial charge < -0.3 is 54.7 Å². The van der Waals surface area contributed by atoms with E-state index in [-0.39, 0.29) is 35.6 Å². The summed E-state index contributed by atoms with van der Waals surface area (Å²) >= 11 is 1.62. The van der Waals surface area contributed by atoms with Gasteiger partial charge in [0.15, 0.2) is 17.4 Å². The molecule has 85 heavy (non-hydrogen) atoms. The number of benzene rings is 2. The predicted molar refractivity (Wildman–Crippen MR) is 328 cm³/mol. The summed E-state index contributed by atoms with van der Waals surface area (Å²) in [5, 5.41) is 36.1. The number of piperidine rings is 2. The number of aliphatic hydroxyl groups excluding tert-OH is 1. The Hall–Kier alpha value is -7.62. The van der Waals surface area contributed by atoms with Crippen LogP contribution in [-0.4, -0.2) is 143 Å². The van der Waals surface area contributed by atoms with Crippen molar-refractivity contribution in [2.24, 2.45) is 5.92 Å². The number of imidazole rings is 1.